The molecule has 3 aromatic rings. The van der Waals surface area contributed by atoms with E-state index in [4.69, 9.17) is 9.15 Å². The van der Waals surface area contributed by atoms with Crippen LogP contribution in [0.3, 0.4) is 0 Å². The lowest BCUT2D eigenvalue weighted by atomic mass is 10.1. The molecular weight excluding hydrogens is 385 g/mol. The van der Waals surface area contributed by atoms with Crippen molar-refractivity contribution >= 4 is 9.84 Å². The molecule has 0 bridgehead atoms. The summed E-state index contributed by atoms with van der Waals surface area (Å²) in [6.07, 6.45) is 1.36. The molecule has 0 saturated heterocycles. The van der Waals surface area contributed by atoms with Crippen LogP contribution in [-0.2, 0) is 9.84 Å². The van der Waals surface area contributed by atoms with Crippen molar-refractivity contribution in [1.29, 1.82) is 0 Å². The molecule has 0 fully saturated rings. The van der Waals surface area contributed by atoms with E-state index in [-0.39, 0.29) is 0 Å². The molecule has 6 nitrogen and oxygen atoms in total. The monoisotopic (exact) mass is 403 g/mol. The fourth-order valence-corrected chi connectivity index (χ4v) is 3.56. The zero-order valence-electron chi connectivity index (χ0n) is 14.9. The number of hydrogen-bond donors (Lipinski definition) is 2. The molecule has 0 aliphatic heterocycles. The largest absolute Gasteiger partial charge is 0.497 e. The van der Waals surface area contributed by atoms with Gasteiger partial charge in [-0.25, -0.2) is 12.8 Å². The van der Waals surface area contributed by atoms with Crippen LogP contribution in [0.5, 0.6) is 5.75 Å². The summed E-state index contributed by atoms with van der Waals surface area (Å²) in [5.41, 5.74) is 1.11. The van der Waals surface area contributed by atoms with Gasteiger partial charge >= 0.3 is 0 Å². The maximum absolute atomic E-state index is 13.7. The van der Waals surface area contributed by atoms with E-state index >= 15 is 0 Å². The highest BCUT2D eigenvalue weighted by Crippen LogP contribution is 2.28. The van der Waals surface area contributed by atoms with Crippen molar-refractivity contribution in [3.63, 3.8) is 0 Å². The molecule has 1 unspecified atom stereocenters. The van der Waals surface area contributed by atoms with Crippen LogP contribution >= 0.6 is 0 Å². The summed E-state index contributed by atoms with van der Waals surface area (Å²) >= 11 is 0. The van der Waals surface area contributed by atoms with E-state index in [2.05, 4.69) is 5.32 Å². The molecule has 2 N–H and O–H groups in total. The maximum Gasteiger partial charge on any atom is 0.204 e. The summed E-state index contributed by atoms with van der Waals surface area (Å²) in [4.78, 5) is -0.441. The molecule has 0 spiro atoms. The number of aliphatic hydroxyl groups excluding tert-OH is 1. The van der Waals surface area contributed by atoms with E-state index in [0.717, 1.165) is 17.7 Å². The molecule has 3 rings (SSSR count). The highest BCUT2D eigenvalue weighted by Gasteiger charge is 2.16. The zero-order valence-corrected chi connectivity index (χ0v) is 15.7. The molecule has 146 valence electrons. The van der Waals surface area contributed by atoms with Crippen LogP contribution in [0.15, 0.2) is 81.8 Å². The van der Waals surface area contributed by atoms with Gasteiger partial charge in [-0.3, -0.25) is 0 Å². The first-order valence-electron chi connectivity index (χ1n) is 8.24. The molecule has 0 saturated carbocycles. The van der Waals surface area contributed by atoms with Crippen LogP contribution in [-0.4, -0.2) is 20.6 Å². The number of sulfone groups is 1. The molecule has 28 heavy (non-hydrogen) atoms. The molecule has 2 aromatic carbocycles. The molecule has 0 radical (unpaired) electrons. The Morgan fingerprint density at radius 2 is 1.96 bits per heavy atom. The van der Waals surface area contributed by atoms with E-state index in [1.165, 1.54) is 31.6 Å². The van der Waals surface area contributed by atoms with Crippen molar-refractivity contribution in [2.24, 2.45) is 0 Å². The second-order valence-electron chi connectivity index (χ2n) is 5.82. The Kier molecular flexibility index (Phi) is 5.81. The van der Waals surface area contributed by atoms with E-state index in [1.807, 2.05) is 0 Å². The zero-order chi connectivity index (χ0) is 20.1. The van der Waals surface area contributed by atoms with Crippen molar-refractivity contribution in [3.8, 4) is 17.1 Å². The first kappa shape index (κ1) is 19.7. The fraction of sp³-hybridized carbons (Fsp3) is 0.100. The number of aliphatic hydroxyl groups is 1. The van der Waals surface area contributed by atoms with Gasteiger partial charge in [0.2, 0.25) is 9.84 Å². The van der Waals surface area contributed by atoms with Crippen molar-refractivity contribution in [3.05, 3.63) is 83.8 Å². The van der Waals surface area contributed by atoms with Gasteiger partial charge in [-0.1, -0.05) is 12.1 Å². The third-order valence-corrected chi connectivity index (χ3v) is 5.37. The first-order chi connectivity index (χ1) is 13.4. The topological polar surface area (TPSA) is 88.8 Å². The van der Waals surface area contributed by atoms with Crippen LogP contribution in [0.2, 0.25) is 0 Å². The number of nitrogens with one attached hydrogen (secondary N) is 1. The smallest absolute Gasteiger partial charge is 0.204 e. The standard InChI is InChI=1S/C20H18FNO5S/c1-26-16-12-14(18-6-4-9-27-18)11-15(13-16)20(23)22-8-10-28(24,25)19-7-3-2-5-17(19)21/h2-13,20,22-23H,1H3/b10-8+. The number of furan rings is 1. The minimum atomic E-state index is -3.99. The molecule has 1 aromatic heterocycles. The average Bonchev–Trinajstić information content (AvgIpc) is 3.22. The van der Waals surface area contributed by atoms with Crippen molar-refractivity contribution < 1.29 is 27.1 Å². The fourth-order valence-electron chi connectivity index (χ4n) is 2.55. The Morgan fingerprint density at radius 3 is 2.64 bits per heavy atom. The molecular formula is C20H18FNO5S. The lowest BCUT2D eigenvalue weighted by Crippen LogP contribution is -2.15. The van der Waals surface area contributed by atoms with Gasteiger partial charge in [0.25, 0.3) is 0 Å². The number of methoxy groups -OCH3 is 1. The summed E-state index contributed by atoms with van der Waals surface area (Å²) in [6.45, 7) is 0. The lowest BCUT2D eigenvalue weighted by molar-refractivity contribution is 0.156. The van der Waals surface area contributed by atoms with E-state index < -0.39 is 26.8 Å². The van der Waals surface area contributed by atoms with Crippen LogP contribution in [0.4, 0.5) is 4.39 Å². The molecule has 1 heterocycles. The third-order valence-electron chi connectivity index (χ3n) is 3.93. The Balaban J connectivity index is 1.80. The first-order valence-corrected chi connectivity index (χ1v) is 9.78. The summed E-state index contributed by atoms with van der Waals surface area (Å²) in [5, 5.41) is 13.7. The van der Waals surface area contributed by atoms with Crippen LogP contribution in [0.1, 0.15) is 11.8 Å². The number of hydrogen-bond acceptors (Lipinski definition) is 6. The predicted molar refractivity (Wildman–Crippen MR) is 102 cm³/mol. The van der Waals surface area contributed by atoms with E-state index in [0.29, 0.717) is 22.6 Å². The molecule has 8 heteroatoms. The van der Waals surface area contributed by atoms with Gasteiger partial charge in [0, 0.05) is 17.3 Å². The van der Waals surface area contributed by atoms with E-state index in [9.17, 15) is 17.9 Å². The molecule has 0 aliphatic rings. The van der Waals surface area contributed by atoms with Crippen LogP contribution in [0, 0.1) is 5.82 Å². The minimum Gasteiger partial charge on any atom is -0.497 e. The average molecular weight is 403 g/mol. The van der Waals surface area contributed by atoms with Crippen molar-refractivity contribution in [2.45, 2.75) is 11.1 Å². The van der Waals surface area contributed by atoms with Crippen LogP contribution < -0.4 is 10.1 Å². The van der Waals surface area contributed by atoms with Gasteiger partial charge < -0.3 is 19.6 Å². The number of benzene rings is 2. The van der Waals surface area contributed by atoms with Gasteiger partial charge in [-0.05, 0) is 42.5 Å². The Labute approximate surface area is 161 Å². The number of rotatable bonds is 7. The third kappa shape index (κ3) is 4.41. The summed E-state index contributed by atoms with van der Waals surface area (Å²) < 4.78 is 48.7. The van der Waals surface area contributed by atoms with Gasteiger partial charge in [0.1, 0.15) is 22.2 Å². The second-order valence-corrected chi connectivity index (χ2v) is 7.62. The molecule has 0 amide bonds. The summed E-state index contributed by atoms with van der Waals surface area (Å²) in [7, 11) is -2.50. The van der Waals surface area contributed by atoms with Crippen molar-refractivity contribution in [1.82, 2.24) is 5.32 Å². The van der Waals surface area contributed by atoms with Crippen LogP contribution in [0.25, 0.3) is 11.3 Å². The van der Waals surface area contributed by atoms with Gasteiger partial charge in [-0.2, -0.15) is 0 Å². The summed E-state index contributed by atoms with van der Waals surface area (Å²) in [5.74, 6) is 0.237. The Bertz CT molecular complexity index is 1080. The molecule has 0 aliphatic carbocycles. The van der Waals surface area contributed by atoms with Gasteiger partial charge in [0.15, 0.2) is 6.23 Å². The Morgan fingerprint density at radius 1 is 1.18 bits per heavy atom. The predicted octanol–water partition coefficient (Wildman–Crippen LogP) is 3.62. The highest BCUT2D eigenvalue weighted by atomic mass is 32.2. The minimum absolute atomic E-state index is 0.429. The number of ether oxygens (including phenoxy) is 1. The lowest BCUT2D eigenvalue weighted by Gasteiger charge is -2.14. The number of halogens is 1. The second kappa shape index (κ2) is 8.28. The van der Waals surface area contributed by atoms with Gasteiger partial charge in [0.05, 0.1) is 18.8 Å². The maximum atomic E-state index is 13.7. The van der Waals surface area contributed by atoms with Crippen molar-refractivity contribution in [2.75, 3.05) is 7.11 Å². The van der Waals surface area contributed by atoms with Gasteiger partial charge in [-0.15, -0.1) is 0 Å². The molecule has 1 atom stereocenters. The SMILES string of the molecule is COc1cc(-c2ccco2)cc(C(O)N/C=C/S(=O)(=O)c2ccccc2F)c1. The Hall–Kier alpha value is -3.10. The quantitative estimate of drug-likeness (QED) is 0.586. The highest BCUT2D eigenvalue weighted by molar-refractivity contribution is 7.94. The van der Waals surface area contributed by atoms with E-state index in [1.54, 1.807) is 30.3 Å². The summed E-state index contributed by atoms with van der Waals surface area (Å²) in [6, 6.07) is 13.6. The normalized spacial score (nSPS) is 12.8.